The molecule has 2 heterocycles. The summed E-state index contributed by atoms with van der Waals surface area (Å²) in [4.78, 5) is 0. The summed E-state index contributed by atoms with van der Waals surface area (Å²) in [6.45, 7) is 1.80. The lowest BCUT2D eigenvalue weighted by atomic mass is 9.98. The van der Waals surface area contributed by atoms with Gasteiger partial charge in [0.05, 0.1) is 17.4 Å². The highest BCUT2D eigenvalue weighted by molar-refractivity contribution is 4.98. The number of aryl methyl sites for hydroxylation is 1. The molecular weight excluding hydrogens is 226 g/mol. The van der Waals surface area contributed by atoms with E-state index in [0.29, 0.717) is 6.10 Å². The van der Waals surface area contributed by atoms with Crippen molar-refractivity contribution in [1.29, 1.82) is 0 Å². The fourth-order valence-corrected chi connectivity index (χ4v) is 3.35. The minimum Gasteiger partial charge on any atom is -0.370 e. The van der Waals surface area contributed by atoms with Crippen molar-refractivity contribution in [3.05, 3.63) is 18.0 Å². The normalized spacial score (nSPS) is 26.2. The van der Waals surface area contributed by atoms with E-state index in [0.717, 1.165) is 18.8 Å². The van der Waals surface area contributed by atoms with Crippen LogP contribution in [0.4, 0.5) is 0 Å². The van der Waals surface area contributed by atoms with Gasteiger partial charge >= 0.3 is 0 Å². The Bertz CT molecular complexity index is 395. The summed E-state index contributed by atoms with van der Waals surface area (Å²) >= 11 is 0. The first-order valence-corrected chi connectivity index (χ1v) is 7.13. The van der Waals surface area contributed by atoms with Crippen molar-refractivity contribution in [3.8, 4) is 0 Å². The van der Waals surface area contributed by atoms with E-state index in [1.165, 1.54) is 38.5 Å². The molecule has 4 heteroatoms. The molecule has 0 radical (unpaired) electrons. The smallest absolute Gasteiger partial charge is 0.0762 e. The first-order valence-electron chi connectivity index (χ1n) is 7.13. The van der Waals surface area contributed by atoms with Gasteiger partial charge in [-0.05, 0) is 31.7 Å². The highest BCUT2D eigenvalue weighted by Crippen LogP contribution is 2.43. The molecule has 1 aliphatic heterocycles. The first-order chi connectivity index (χ1) is 8.76. The first kappa shape index (κ1) is 12.2. The lowest BCUT2D eigenvalue weighted by molar-refractivity contribution is -0.0352. The topological polar surface area (TPSA) is 39.1 Å². The molecule has 1 unspecified atom stereocenters. The van der Waals surface area contributed by atoms with Crippen LogP contribution in [0.2, 0.25) is 0 Å². The van der Waals surface area contributed by atoms with E-state index >= 15 is 0 Å². The van der Waals surface area contributed by atoms with Crippen LogP contribution in [-0.4, -0.2) is 28.0 Å². The second kappa shape index (κ2) is 5.02. The molecule has 4 nitrogen and oxygen atoms in total. The monoisotopic (exact) mass is 249 g/mol. The van der Waals surface area contributed by atoms with Gasteiger partial charge in [0, 0.05) is 26.3 Å². The largest absolute Gasteiger partial charge is 0.370 e. The SMILES string of the molecule is Cn1ccc(CNCC2CCC3(CCCC3)O2)n1. The van der Waals surface area contributed by atoms with Gasteiger partial charge < -0.3 is 10.1 Å². The predicted octanol–water partition coefficient (Wildman–Crippen LogP) is 2.00. The summed E-state index contributed by atoms with van der Waals surface area (Å²) < 4.78 is 8.11. The number of nitrogens with zero attached hydrogens (tertiary/aromatic N) is 2. The minimum absolute atomic E-state index is 0.261. The van der Waals surface area contributed by atoms with Gasteiger partial charge in [0.25, 0.3) is 0 Å². The number of ether oxygens (including phenoxy) is 1. The van der Waals surface area contributed by atoms with E-state index in [1.807, 2.05) is 17.9 Å². The molecule has 1 atom stereocenters. The van der Waals surface area contributed by atoms with E-state index in [9.17, 15) is 0 Å². The van der Waals surface area contributed by atoms with Crippen LogP contribution < -0.4 is 5.32 Å². The summed E-state index contributed by atoms with van der Waals surface area (Å²) in [7, 11) is 1.95. The molecule has 0 amide bonds. The van der Waals surface area contributed by atoms with Gasteiger partial charge in [-0.25, -0.2) is 0 Å². The number of hydrogen-bond donors (Lipinski definition) is 1. The quantitative estimate of drug-likeness (QED) is 0.887. The molecular formula is C14H23N3O. The molecule has 18 heavy (non-hydrogen) atoms. The third-order valence-corrected chi connectivity index (χ3v) is 4.30. The Morgan fingerprint density at radius 1 is 1.44 bits per heavy atom. The summed E-state index contributed by atoms with van der Waals surface area (Å²) in [5, 5.41) is 7.82. The minimum atomic E-state index is 0.261. The fraction of sp³-hybridized carbons (Fsp3) is 0.786. The summed E-state index contributed by atoms with van der Waals surface area (Å²) in [5.74, 6) is 0. The van der Waals surface area contributed by atoms with Crippen LogP contribution in [0.25, 0.3) is 0 Å². The fourth-order valence-electron chi connectivity index (χ4n) is 3.35. The van der Waals surface area contributed by atoms with Crippen LogP contribution in [0.15, 0.2) is 12.3 Å². The Kier molecular flexibility index (Phi) is 3.39. The molecule has 1 saturated carbocycles. The summed E-state index contributed by atoms with van der Waals surface area (Å²) in [6.07, 6.45) is 10.1. The van der Waals surface area contributed by atoms with Gasteiger partial charge in [0.2, 0.25) is 0 Å². The molecule has 1 aliphatic carbocycles. The lowest BCUT2D eigenvalue weighted by Crippen LogP contribution is -2.30. The van der Waals surface area contributed by atoms with E-state index in [2.05, 4.69) is 16.5 Å². The molecule has 2 aliphatic rings. The predicted molar refractivity (Wildman–Crippen MR) is 70.2 cm³/mol. The van der Waals surface area contributed by atoms with Gasteiger partial charge in [0.1, 0.15) is 0 Å². The second-order valence-electron chi connectivity index (χ2n) is 5.78. The summed E-state index contributed by atoms with van der Waals surface area (Å²) in [6, 6.07) is 2.06. The molecule has 1 saturated heterocycles. The number of nitrogens with one attached hydrogen (secondary N) is 1. The van der Waals surface area contributed by atoms with Crippen LogP contribution in [0.5, 0.6) is 0 Å². The highest BCUT2D eigenvalue weighted by atomic mass is 16.5. The van der Waals surface area contributed by atoms with Crippen LogP contribution >= 0.6 is 0 Å². The highest BCUT2D eigenvalue weighted by Gasteiger charge is 2.41. The molecule has 1 aromatic heterocycles. The van der Waals surface area contributed by atoms with Crippen LogP contribution in [0.3, 0.4) is 0 Å². The van der Waals surface area contributed by atoms with Crippen molar-refractivity contribution in [2.24, 2.45) is 7.05 Å². The summed E-state index contributed by atoms with van der Waals surface area (Å²) in [5.41, 5.74) is 1.36. The average Bonchev–Trinajstić information content (AvgIpc) is 3.05. The van der Waals surface area contributed by atoms with Gasteiger partial charge in [0.15, 0.2) is 0 Å². The maximum atomic E-state index is 6.26. The molecule has 2 fully saturated rings. The van der Waals surface area contributed by atoms with Gasteiger partial charge in [-0.15, -0.1) is 0 Å². The van der Waals surface area contributed by atoms with Crippen LogP contribution in [0.1, 0.15) is 44.2 Å². The standard InChI is InChI=1S/C14H23N3O/c1-17-9-5-12(16-17)10-15-11-13-4-8-14(18-13)6-2-3-7-14/h5,9,13,15H,2-4,6-8,10-11H2,1H3. The average molecular weight is 249 g/mol. The molecule has 3 rings (SSSR count). The Labute approximate surface area is 109 Å². The zero-order chi connectivity index (χ0) is 12.4. The Balaban J connectivity index is 1.42. The van der Waals surface area contributed by atoms with E-state index in [-0.39, 0.29) is 5.60 Å². The Morgan fingerprint density at radius 3 is 3.00 bits per heavy atom. The number of rotatable bonds is 4. The van der Waals surface area contributed by atoms with Crippen molar-refractivity contribution >= 4 is 0 Å². The van der Waals surface area contributed by atoms with E-state index in [4.69, 9.17) is 4.74 Å². The lowest BCUT2D eigenvalue weighted by Gasteiger charge is -2.23. The third-order valence-electron chi connectivity index (χ3n) is 4.30. The van der Waals surface area contributed by atoms with E-state index < -0.39 is 0 Å². The number of aromatic nitrogens is 2. The molecule has 1 spiro atoms. The van der Waals surface area contributed by atoms with Crippen LogP contribution in [0, 0.1) is 0 Å². The Morgan fingerprint density at radius 2 is 2.28 bits per heavy atom. The van der Waals surface area contributed by atoms with Gasteiger partial charge in [-0.1, -0.05) is 12.8 Å². The zero-order valence-electron chi connectivity index (χ0n) is 11.2. The number of hydrogen-bond acceptors (Lipinski definition) is 3. The second-order valence-corrected chi connectivity index (χ2v) is 5.78. The van der Waals surface area contributed by atoms with Crippen molar-refractivity contribution in [2.75, 3.05) is 6.54 Å². The molecule has 0 bridgehead atoms. The Hall–Kier alpha value is -0.870. The molecule has 0 aromatic carbocycles. The maximum Gasteiger partial charge on any atom is 0.0762 e. The maximum absolute atomic E-state index is 6.26. The van der Waals surface area contributed by atoms with Crippen molar-refractivity contribution in [2.45, 2.75) is 56.8 Å². The van der Waals surface area contributed by atoms with Crippen molar-refractivity contribution in [1.82, 2.24) is 15.1 Å². The molecule has 1 aromatic rings. The molecule has 1 N–H and O–H groups in total. The zero-order valence-corrected chi connectivity index (χ0v) is 11.2. The van der Waals surface area contributed by atoms with Crippen molar-refractivity contribution in [3.63, 3.8) is 0 Å². The van der Waals surface area contributed by atoms with E-state index in [1.54, 1.807) is 0 Å². The van der Waals surface area contributed by atoms with Crippen LogP contribution in [-0.2, 0) is 18.3 Å². The van der Waals surface area contributed by atoms with Gasteiger partial charge in [-0.3, -0.25) is 4.68 Å². The third kappa shape index (κ3) is 2.59. The van der Waals surface area contributed by atoms with Gasteiger partial charge in [-0.2, -0.15) is 5.10 Å². The van der Waals surface area contributed by atoms with Crippen molar-refractivity contribution < 1.29 is 4.74 Å². The molecule has 100 valence electrons.